The van der Waals surface area contributed by atoms with Crippen LogP contribution in [0.5, 0.6) is 0 Å². The normalized spacial score (nSPS) is 10.5. The molecule has 0 aromatic carbocycles. The molecule has 0 spiro atoms. The molecule has 2 heterocycles. The van der Waals surface area contributed by atoms with Gasteiger partial charge in [-0.2, -0.15) is 5.26 Å². The van der Waals surface area contributed by atoms with Crippen LogP contribution >= 0.6 is 0 Å². The van der Waals surface area contributed by atoms with Gasteiger partial charge < -0.3 is 9.40 Å². The van der Waals surface area contributed by atoms with Crippen molar-refractivity contribution in [2.45, 2.75) is 19.8 Å². The molecule has 2 aromatic rings. The van der Waals surface area contributed by atoms with Crippen molar-refractivity contribution in [3.63, 3.8) is 0 Å². The van der Waals surface area contributed by atoms with Crippen molar-refractivity contribution in [1.82, 2.24) is 4.98 Å². The van der Waals surface area contributed by atoms with E-state index in [1.54, 1.807) is 6.26 Å². The molecule has 2 aromatic heterocycles. The van der Waals surface area contributed by atoms with Crippen molar-refractivity contribution >= 4 is 0 Å². The molecule has 0 aliphatic heterocycles. The van der Waals surface area contributed by atoms with E-state index in [1.807, 2.05) is 18.2 Å². The lowest BCUT2D eigenvalue weighted by Gasteiger charge is -1.97. The molecule has 15 heavy (non-hydrogen) atoms. The van der Waals surface area contributed by atoms with Crippen molar-refractivity contribution in [3.8, 4) is 17.4 Å². The summed E-state index contributed by atoms with van der Waals surface area (Å²) in [6.45, 7) is 4.16. The highest BCUT2D eigenvalue weighted by molar-refractivity contribution is 5.65. The van der Waals surface area contributed by atoms with E-state index in [4.69, 9.17) is 9.68 Å². The number of aromatic nitrogens is 1. The summed E-state index contributed by atoms with van der Waals surface area (Å²) in [6.07, 6.45) is 1.61. The van der Waals surface area contributed by atoms with Gasteiger partial charge in [-0.3, -0.25) is 0 Å². The largest absolute Gasteiger partial charge is 0.464 e. The molecule has 0 saturated carbocycles. The van der Waals surface area contributed by atoms with Crippen LogP contribution < -0.4 is 0 Å². The Morgan fingerprint density at radius 1 is 1.47 bits per heavy atom. The van der Waals surface area contributed by atoms with E-state index in [0.717, 1.165) is 17.0 Å². The first-order valence-electron chi connectivity index (χ1n) is 4.89. The number of nitrogens with zero attached hydrogens (tertiary/aromatic N) is 1. The minimum Gasteiger partial charge on any atom is -0.464 e. The van der Waals surface area contributed by atoms with Crippen LogP contribution in [-0.2, 0) is 0 Å². The lowest BCUT2D eigenvalue weighted by Crippen LogP contribution is -1.85. The number of nitriles is 1. The molecule has 0 radical (unpaired) electrons. The Balaban J connectivity index is 2.52. The number of hydrogen-bond donors (Lipinski definition) is 1. The second-order valence-electron chi connectivity index (χ2n) is 3.76. The number of nitrogens with one attached hydrogen (secondary N) is 1. The molecule has 0 aliphatic rings. The third kappa shape index (κ3) is 1.66. The van der Waals surface area contributed by atoms with E-state index >= 15 is 0 Å². The maximum absolute atomic E-state index is 8.99. The van der Waals surface area contributed by atoms with E-state index in [9.17, 15) is 0 Å². The van der Waals surface area contributed by atoms with Crippen molar-refractivity contribution in [3.05, 3.63) is 35.9 Å². The molecule has 0 amide bonds. The Bertz CT molecular complexity index is 486. The molecule has 3 nitrogen and oxygen atoms in total. The molecule has 0 unspecified atom stereocenters. The SMILES string of the molecule is CC(C)c1cc(-c2ccco2)c(C#N)[nH]1. The Morgan fingerprint density at radius 3 is 2.80 bits per heavy atom. The second kappa shape index (κ2) is 3.66. The minimum atomic E-state index is 0.376. The van der Waals surface area contributed by atoms with Crippen molar-refractivity contribution < 1.29 is 4.42 Å². The topological polar surface area (TPSA) is 52.7 Å². The molecule has 0 saturated heterocycles. The van der Waals surface area contributed by atoms with Crippen molar-refractivity contribution in [2.24, 2.45) is 0 Å². The van der Waals surface area contributed by atoms with Gasteiger partial charge in [0.25, 0.3) is 0 Å². The highest BCUT2D eigenvalue weighted by atomic mass is 16.3. The van der Waals surface area contributed by atoms with Crippen molar-refractivity contribution in [2.75, 3.05) is 0 Å². The van der Waals surface area contributed by atoms with Gasteiger partial charge in [-0.15, -0.1) is 0 Å². The molecule has 0 bridgehead atoms. The van der Waals surface area contributed by atoms with Gasteiger partial charge in [-0.05, 0) is 24.1 Å². The van der Waals surface area contributed by atoms with Crippen LogP contribution in [0.15, 0.2) is 28.9 Å². The standard InChI is InChI=1S/C12H12N2O/c1-8(2)10-6-9(11(7-13)14-10)12-4-3-5-15-12/h3-6,8,14H,1-2H3. The summed E-state index contributed by atoms with van der Waals surface area (Å²) in [5, 5.41) is 8.99. The quantitative estimate of drug-likeness (QED) is 0.808. The van der Waals surface area contributed by atoms with E-state index in [-0.39, 0.29) is 0 Å². The van der Waals surface area contributed by atoms with Crippen LogP contribution in [0.3, 0.4) is 0 Å². The van der Waals surface area contributed by atoms with Gasteiger partial charge in [0, 0.05) is 5.69 Å². The Kier molecular flexibility index (Phi) is 2.34. The van der Waals surface area contributed by atoms with Crippen LogP contribution in [0, 0.1) is 11.3 Å². The fourth-order valence-corrected chi connectivity index (χ4v) is 1.50. The van der Waals surface area contributed by atoms with Gasteiger partial charge in [0.2, 0.25) is 0 Å². The number of aromatic amines is 1. The molecule has 0 aliphatic carbocycles. The molecule has 1 N–H and O–H groups in total. The zero-order valence-electron chi connectivity index (χ0n) is 8.74. The lowest BCUT2D eigenvalue weighted by atomic mass is 10.1. The monoisotopic (exact) mass is 200 g/mol. The first kappa shape index (κ1) is 9.60. The molecular weight excluding hydrogens is 188 g/mol. The van der Waals surface area contributed by atoms with Crippen molar-refractivity contribution in [1.29, 1.82) is 5.26 Å². The summed E-state index contributed by atoms with van der Waals surface area (Å²) < 4.78 is 5.28. The van der Waals surface area contributed by atoms with Crippen LogP contribution in [0.25, 0.3) is 11.3 Å². The number of hydrogen-bond acceptors (Lipinski definition) is 2. The Labute approximate surface area is 88.3 Å². The zero-order chi connectivity index (χ0) is 10.8. The summed E-state index contributed by atoms with van der Waals surface area (Å²) >= 11 is 0. The fraction of sp³-hybridized carbons (Fsp3) is 0.250. The molecule has 3 heteroatoms. The lowest BCUT2D eigenvalue weighted by molar-refractivity contribution is 0.582. The molecule has 2 rings (SSSR count). The predicted octanol–water partition coefficient (Wildman–Crippen LogP) is 3.27. The van der Waals surface area contributed by atoms with Gasteiger partial charge in [0.05, 0.1) is 11.8 Å². The number of rotatable bonds is 2. The first-order valence-corrected chi connectivity index (χ1v) is 4.89. The van der Waals surface area contributed by atoms with Gasteiger partial charge in [0.15, 0.2) is 0 Å². The Morgan fingerprint density at radius 2 is 2.27 bits per heavy atom. The average Bonchev–Trinajstić information content (AvgIpc) is 2.86. The third-order valence-electron chi connectivity index (χ3n) is 2.36. The molecule has 0 atom stereocenters. The number of furan rings is 1. The molecular formula is C12H12N2O. The van der Waals surface area contributed by atoms with Gasteiger partial charge in [-0.25, -0.2) is 0 Å². The van der Waals surface area contributed by atoms with Crippen LogP contribution in [-0.4, -0.2) is 4.98 Å². The van der Waals surface area contributed by atoms with Gasteiger partial charge >= 0.3 is 0 Å². The summed E-state index contributed by atoms with van der Waals surface area (Å²) in [7, 11) is 0. The number of H-pyrrole nitrogens is 1. The van der Waals surface area contributed by atoms with Gasteiger partial charge in [0.1, 0.15) is 17.5 Å². The highest BCUT2D eigenvalue weighted by Gasteiger charge is 2.13. The molecule has 0 fully saturated rings. The first-order chi connectivity index (χ1) is 7.22. The van der Waals surface area contributed by atoms with Gasteiger partial charge in [-0.1, -0.05) is 13.8 Å². The Hall–Kier alpha value is -1.95. The van der Waals surface area contributed by atoms with E-state index in [2.05, 4.69) is 24.9 Å². The molecule has 76 valence electrons. The zero-order valence-corrected chi connectivity index (χ0v) is 8.74. The smallest absolute Gasteiger partial charge is 0.136 e. The summed E-state index contributed by atoms with van der Waals surface area (Å²) in [5.41, 5.74) is 2.46. The van der Waals surface area contributed by atoms with Crippen LogP contribution in [0.2, 0.25) is 0 Å². The van der Waals surface area contributed by atoms with E-state index in [0.29, 0.717) is 11.6 Å². The maximum Gasteiger partial charge on any atom is 0.136 e. The maximum atomic E-state index is 8.99. The van der Waals surface area contributed by atoms with E-state index in [1.165, 1.54) is 0 Å². The second-order valence-corrected chi connectivity index (χ2v) is 3.76. The fourth-order valence-electron chi connectivity index (χ4n) is 1.50. The van der Waals surface area contributed by atoms with Crippen LogP contribution in [0.1, 0.15) is 31.2 Å². The third-order valence-corrected chi connectivity index (χ3v) is 2.36. The van der Waals surface area contributed by atoms with E-state index < -0.39 is 0 Å². The average molecular weight is 200 g/mol. The predicted molar refractivity (Wildman–Crippen MR) is 57.3 cm³/mol. The minimum absolute atomic E-state index is 0.376. The van der Waals surface area contributed by atoms with Crippen LogP contribution in [0.4, 0.5) is 0 Å². The summed E-state index contributed by atoms with van der Waals surface area (Å²) in [6, 6.07) is 7.79. The highest BCUT2D eigenvalue weighted by Crippen LogP contribution is 2.27. The summed E-state index contributed by atoms with van der Waals surface area (Å²) in [4.78, 5) is 3.10. The summed E-state index contributed by atoms with van der Waals surface area (Å²) in [5.74, 6) is 1.11.